The standard InChI is InChI=1S/C10H14O/c11-8-9-3-6-10(7-9)4-1-2-5-10/h1-3,11H,4-8H2. The quantitative estimate of drug-likeness (QED) is 0.567. The topological polar surface area (TPSA) is 20.2 Å². The van der Waals surface area contributed by atoms with Crippen LogP contribution in [-0.4, -0.2) is 11.7 Å². The molecule has 0 bridgehead atoms. The van der Waals surface area contributed by atoms with Gasteiger partial charge in [0.1, 0.15) is 0 Å². The Kier molecular flexibility index (Phi) is 1.61. The second-order valence-corrected chi connectivity index (χ2v) is 3.78. The smallest absolute Gasteiger partial charge is 0.0641 e. The highest BCUT2D eigenvalue weighted by molar-refractivity contribution is 5.20. The van der Waals surface area contributed by atoms with E-state index in [9.17, 15) is 0 Å². The molecule has 1 N–H and O–H groups in total. The van der Waals surface area contributed by atoms with Gasteiger partial charge in [0.2, 0.25) is 0 Å². The van der Waals surface area contributed by atoms with E-state index in [2.05, 4.69) is 18.2 Å². The molecule has 0 heterocycles. The number of rotatable bonds is 1. The highest BCUT2D eigenvalue weighted by atomic mass is 16.3. The normalized spacial score (nSPS) is 26.5. The minimum absolute atomic E-state index is 0.266. The molecule has 60 valence electrons. The molecule has 2 aliphatic rings. The number of allylic oxidation sites excluding steroid dienone is 3. The Balaban J connectivity index is 2.02. The van der Waals surface area contributed by atoms with Crippen LogP contribution in [0.5, 0.6) is 0 Å². The molecule has 1 heteroatoms. The summed E-state index contributed by atoms with van der Waals surface area (Å²) in [4.78, 5) is 0. The van der Waals surface area contributed by atoms with Crippen molar-refractivity contribution < 1.29 is 5.11 Å². The Morgan fingerprint density at radius 2 is 2.00 bits per heavy atom. The third kappa shape index (κ3) is 1.14. The molecule has 0 aromatic rings. The lowest BCUT2D eigenvalue weighted by Crippen LogP contribution is -2.12. The first-order valence-corrected chi connectivity index (χ1v) is 4.28. The molecule has 0 saturated heterocycles. The highest BCUT2D eigenvalue weighted by Gasteiger charge is 2.34. The van der Waals surface area contributed by atoms with Crippen molar-refractivity contribution in [3.8, 4) is 0 Å². The number of hydrogen-bond donors (Lipinski definition) is 1. The minimum Gasteiger partial charge on any atom is -0.392 e. The van der Waals surface area contributed by atoms with Crippen LogP contribution < -0.4 is 0 Å². The lowest BCUT2D eigenvalue weighted by Gasteiger charge is -2.22. The van der Waals surface area contributed by atoms with E-state index in [4.69, 9.17) is 5.11 Å². The largest absolute Gasteiger partial charge is 0.392 e. The van der Waals surface area contributed by atoms with E-state index >= 15 is 0 Å². The van der Waals surface area contributed by atoms with E-state index in [1.165, 1.54) is 24.8 Å². The summed E-state index contributed by atoms with van der Waals surface area (Å²) in [5.74, 6) is 0. The van der Waals surface area contributed by atoms with Crippen molar-refractivity contribution in [2.45, 2.75) is 25.7 Å². The monoisotopic (exact) mass is 150 g/mol. The first-order chi connectivity index (χ1) is 5.35. The molecule has 1 nitrogen and oxygen atoms in total. The first-order valence-electron chi connectivity index (χ1n) is 4.28. The zero-order valence-corrected chi connectivity index (χ0v) is 6.71. The Morgan fingerprint density at radius 3 is 2.55 bits per heavy atom. The summed E-state index contributed by atoms with van der Waals surface area (Å²) in [5, 5.41) is 8.92. The summed E-state index contributed by atoms with van der Waals surface area (Å²) < 4.78 is 0. The summed E-state index contributed by atoms with van der Waals surface area (Å²) in [6.07, 6.45) is 11.5. The van der Waals surface area contributed by atoms with Gasteiger partial charge >= 0.3 is 0 Å². The van der Waals surface area contributed by atoms with Crippen molar-refractivity contribution in [3.05, 3.63) is 23.8 Å². The molecule has 0 atom stereocenters. The summed E-state index contributed by atoms with van der Waals surface area (Å²) in [7, 11) is 0. The van der Waals surface area contributed by atoms with Crippen molar-refractivity contribution in [1.29, 1.82) is 0 Å². The predicted molar refractivity (Wildman–Crippen MR) is 45.2 cm³/mol. The average Bonchev–Trinajstić information content (AvgIpc) is 2.62. The third-order valence-corrected chi connectivity index (χ3v) is 2.90. The van der Waals surface area contributed by atoms with Crippen LogP contribution in [0.15, 0.2) is 23.8 Å². The van der Waals surface area contributed by atoms with Gasteiger partial charge in [0, 0.05) is 0 Å². The van der Waals surface area contributed by atoms with Gasteiger partial charge in [-0.3, -0.25) is 0 Å². The van der Waals surface area contributed by atoms with E-state index in [0.29, 0.717) is 5.41 Å². The predicted octanol–water partition coefficient (Wildman–Crippen LogP) is 2.04. The molecule has 11 heavy (non-hydrogen) atoms. The van der Waals surface area contributed by atoms with E-state index in [-0.39, 0.29) is 6.61 Å². The van der Waals surface area contributed by atoms with Gasteiger partial charge in [-0.15, -0.1) is 0 Å². The Morgan fingerprint density at radius 1 is 1.27 bits per heavy atom. The Labute approximate surface area is 67.4 Å². The van der Waals surface area contributed by atoms with Gasteiger partial charge in [-0.2, -0.15) is 0 Å². The first kappa shape index (κ1) is 7.11. The van der Waals surface area contributed by atoms with Crippen LogP contribution in [0.3, 0.4) is 0 Å². The molecular formula is C10H14O. The fourth-order valence-electron chi connectivity index (χ4n) is 2.17. The molecular weight excluding hydrogens is 136 g/mol. The zero-order valence-electron chi connectivity index (χ0n) is 6.71. The van der Waals surface area contributed by atoms with Gasteiger partial charge in [-0.1, -0.05) is 18.2 Å². The van der Waals surface area contributed by atoms with Gasteiger partial charge in [0.15, 0.2) is 0 Å². The molecule has 2 rings (SSSR count). The lowest BCUT2D eigenvalue weighted by atomic mass is 9.82. The van der Waals surface area contributed by atoms with Crippen LogP contribution in [0.2, 0.25) is 0 Å². The number of aliphatic hydroxyl groups excluding tert-OH is 1. The van der Waals surface area contributed by atoms with Crippen LogP contribution in [0.1, 0.15) is 25.7 Å². The molecule has 0 fully saturated rings. The Hall–Kier alpha value is -0.560. The maximum atomic E-state index is 8.92. The maximum absolute atomic E-state index is 8.92. The highest BCUT2D eigenvalue weighted by Crippen LogP contribution is 2.46. The summed E-state index contributed by atoms with van der Waals surface area (Å²) in [5.41, 5.74) is 1.74. The van der Waals surface area contributed by atoms with Crippen molar-refractivity contribution in [1.82, 2.24) is 0 Å². The molecule has 0 aliphatic heterocycles. The van der Waals surface area contributed by atoms with Crippen molar-refractivity contribution >= 4 is 0 Å². The van der Waals surface area contributed by atoms with Gasteiger partial charge in [0.25, 0.3) is 0 Å². The molecule has 0 saturated carbocycles. The van der Waals surface area contributed by atoms with Crippen LogP contribution >= 0.6 is 0 Å². The SMILES string of the molecule is OCC1=CCC2(CC=CC2)C1. The van der Waals surface area contributed by atoms with Gasteiger partial charge in [-0.05, 0) is 36.7 Å². The molecule has 0 aromatic carbocycles. The van der Waals surface area contributed by atoms with Crippen LogP contribution in [0, 0.1) is 5.41 Å². The number of aliphatic hydroxyl groups is 1. The fourth-order valence-corrected chi connectivity index (χ4v) is 2.17. The third-order valence-electron chi connectivity index (χ3n) is 2.90. The van der Waals surface area contributed by atoms with Crippen molar-refractivity contribution in [3.63, 3.8) is 0 Å². The molecule has 0 unspecified atom stereocenters. The minimum atomic E-state index is 0.266. The van der Waals surface area contributed by atoms with Crippen molar-refractivity contribution in [2.24, 2.45) is 5.41 Å². The van der Waals surface area contributed by atoms with Crippen molar-refractivity contribution in [2.75, 3.05) is 6.61 Å². The lowest BCUT2D eigenvalue weighted by molar-refractivity contribution is 0.295. The summed E-state index contributed by atoms with van der Waals surface area (Å²) in [6.45, 7) is 0.266. The second-order valence-electron chi connectivity index (χ2n) is 3.78. The van der Waals surface area contributed by atoms with E-state index in [1.807, 2.05) is 0 Å². The van der Waals surface area contributed by atoms with Crippen LogP contribution in [0.4, 0.5) is 0 Å². The van der Waals surface area contributed by atoms with Gasteiger partial charge in [-0.25, -0.2) is 0 Å². The maximum Gasteiger partial charge on any atom is 0.0641 e. The Bertz CT molecular complexity index is 205. The second kappa shape index (κ2) is 2.49. The zero-order chi connectivity index (χ0) is 7.73. The molecule has 0 amide bonds. The van der Waals surface area contributed by atoms with E-state index in [0.717, 1.165) is 6.42 Å². The van der Waals surface area contributed by atoms with E-state index in [1.54, 1.807) is 0 Å². The molecule has 0 aromatic heterocycles. The van der Waals surface area contributed by atoms with Gasteiger partial charge in [0.05, 0.1) is 6.61 Å². The molecule has 0 radical (unpaired) electrons. The summed E-state index contributed by atoms with van der Waals surface area (Å²) in [6, 6.07) is 0. The summed E-state index contributed by atoms with van der Waals surface area (Å²) >= 11 is 0. The van der Waals surface area contributed by atoms with Gasteiger partial charge < -0.3 is 5.11 Å². The number of hydrogen-bond acceptors (Lipinski definition) is 1. The van der Waals surface area contributed by atoms with E-state index < -0.39 is 0 Å². The van der Waals surface area contributed by atoms with Crippen LogP contribution in [0.25, 0.3) is 0 Å². The molecule has 2 aliphatic carbocycles. The molecule has 1 spiro atoms. The average molecular weight is 150 g/mol. The van der Waals surface area contributed by atoms with Crippen LogP contribution in [-0.2, 0) is 0 Å². The fraction of sp³-hybridized carbons (Fsp3) is 0.600.